The van der Waals surface area contributed by atoms with Gasteiger partial charge in [-0.25, -0.2) is 13.6 Å². The number of rotatable bonds is 3. The molecule has 3 N–H and O–H groups in total. The number of amides is 1. The highest BCUT2D eigenvalue weighted by Gasteiger charge is 2.18. The third-order valence-electron chi connectivity index (χ3n) is 2.82. The second-order valence-corrected chi connectivity index (χ2v) is 5.97. The minimum atomic E-state index is -3.94. The molecule has 2 rings (SSSR count). The highest BCUT2D eigenvalue weighted by molar-refractivity contribution is 7.89. The van der Waals surface area contributed by atoms with E-state index in [1.807, 2.05) is 12.1 Å². The number of hydrogen-bond donors (Lipinski definition) is 2. The third-order valence-corrected chi connectivity index (χ3v) is 3.78. The predicted octanol–water partition coefficient (Wildman–Crippen LogP) is 2.00. The highest BCUT2D eigenvalue weighted by Crippen LogP contribution is 2.30. The Balaban J connectivity index is 2.75. The summed E-state index contributed by atoms with van der Waals surface area (Å²) in [5, 5.41) is 9.17. The molecule has 0 spiro atoms. The van der Waals surface area contributed by atoms with Crippen LogP contribution in [0.3, 0.4) is 0 Å². The Kier molecular flexibility index (Phi) is 3.61. The average Bonchev–Trinajstić information content (AvgIpc) is 2.37. The molecule has 104 valence electrons. The minimum Gasteiger partial charge on any atom is -0.321 e. The number of primary sulfonamides is 1. The maximum atomic E-state index is 11.8. The van der Waals surface area contributed by atoms with Crippen LogP contribution in [0.25, 0.3) is 10.8 Å². The lowest BCUT2D eigenvalue weighted by atomic mass is 10.1. The van der Waals surface area contributed by atoms with Gasteiger partial charge in [-0.3, -0.25) is 4.79 Å². The van der Waals surface area contributed by atoms with E-state index in [0.29, 0.717) is 5.39 Å². The van der Waals surface area contributed by atoms with E-state index in [1.165, 1.54) is 13.0 Å². The molecule has 0 heterocycles. The Morgan fingerprint density at radius 1 is 1.20 bits per heavy atom. The molecule has 0 aliphatic carbocycles. The first-order valence-electron chi connectivity index (χ1n) is 5.82. The van der Waals surface area contributed by atoms with Crippen molar-refractivity contribution in [1.82, 2.24) is 0 Å². The molecule has 0 atom stereocenters. The lowest BCUT2D eigenvalue weighted by Crippen LogP contribution is -2.18. The molecule has 2 aromatic rings. The van der Waals surface area contributed by atoms with Gasteiger partial charge in [-0.1, -0.05) is 36.9 Å². The summed E-state index contributed by atoms with van der Waals surface area (Å²) in [4.78, 5) is 11.7. The van der Waals surface area contributed by atoms with E-state index in [2.05, 4.69) is 11.9 Å². The number of anilines is 1. The molecule has 0 aliphatic rings. The zero-order chi connectivity index (χ0) is 14.9. The van der Waals surface area contributed by atoms with E-state index >= 15 is 0 Å². The quantitative estimate of drug-likeness (QED) is 0.847. The van der Waals surface area contributed by atoms with Gasteiger partial charge in [0.15, 0.2) is 0 Å². The van der Waals surface area contributed by atoms with Crippen molar-refractivity contribution in [3.8, 4) is 0 Å². The highest BCUT2D eigenvalue weighted by atomic mass is 32.2. The standard InChI is InChI=1S/C14H14N2O3S/c1-9(2)14(17)16-13-11-6-4-3-5-10(11)7-8-12(13)20(15,18)19/h3-8H,1H2,2H3,(H,16,17)(H2,15,18,19). The SMILES string of the molecule is C=C(C)C(=O)Nc1c(S(N)(=O)=O)ccc2ccccc12. The molecule has 0 aromatic heterocycles. The molecule has 0 aliphatic heterocycles. The van der Waals surface area contributed by atoms with Crippen LogP contribution in [0.15, 0.2) is 53.4 Å². The second kappa shape index (κ2) is 5.07. The van der Waals surface area contributed by atoms with Crippen LogP contribution < -0.4 is 10.5 Å². The Bertz CT molecular complexity index is 810. The Morgan fingerprint density at radius 2 is 1.85 bits per heavy atom. The van der Waals surface area contributed by atoms with Crippen LogP contribution in [0.1, 0.15) is 6.92 Å². The summed E-state index contributed by atoms with van der Waals surface area (Å²) in [5.41, 5.74) is 0.455. The van der Waals surface area contributed by atoms with Crippen molar-refractivity contribution >= 4 is 32.4 Å². The summed E-state index contributed by atoms with van der Waals surface area (Å²) in [6.45, 7) is 5.07. The van der Waals surface area contributed by atoms with Crippen LogP contribution in [0.2, 0.25) is 0 Å². The van der Waals surface area contributed by atoms with Crippen molar-refractivity contribution < 1.29 is 13.2 Å². The molecule has 0 saturated carbocycles. The van der Waals surface area contributed by atoms with Crippen LogP contribution in [-0.2, 0) is 14.8 Å². The van der Waals surface area contributed by atoms with Gasteiger partial charge in [0.1, 0.15) is 4.90 Å². The van der Waals surface area contributed by atoms with Crippen LogP contribution in [0.4, 0.5) is 5.69 Å². The minimum absolute atomic E-state index is 0.120. The van der Waals surface area contributed by atoms with E-state index in [0.717, 1.165) is 5.39 Å². The Morgan fingerprint density at radius 3 is 2.45 bits per heavy atom. The first-order chi connectivity index (χ1) is 9.30. The fourth-order valence-electron chi connectivity index (χ4n) is 1.84. The van der Waals surface area contributed by atoms with Gasteiger partial charge < -0.3 is 5.32 Å². The van der Waals surface area contributed by atoms with Gasteiger partial charge in [-0.2, -0.15) is 0 Å². The largest absolute Gasteiger partial charge is 0.321 e. The van der Waals surface area contributed by atoms with Gasteiger partial charge in [0.05, 0.1) is 5.69 Å². The molecule has 0 fully saturated rings. The molecule has 0 radical (unpaired) electrons. The van der Waals surface area contributed by atoms with Crippen molar-refractivity contribution in [2.24, 2.45) is 5.14 Å². The second-order valence-electron chi connectivity index (χ2n) is 4.44. The molecule has 0 saturated heterocycles. The first-order valence-corrected chi connectivity index (χ1v) is 7.37. The van der Waals surface area contributed by atoms with Crippen molar-refractivity contribution in [3.63, 3.8) is 0 Å². The zero-order valence-corrected chi connectivity index (χ0v) is 11.7. The molecule has 1 amide bonds. The van der Waals surface area contributed by atoms with Gasteiger partial charge in [0.25, 0.3) is 5.91 Å². The number of carbonyl (C=O) groups is 1. The number of nitrogens with one attached hydrogen (secondary N) is 1. The van der Waals surface area contributed by atoms with Gasteiger partial charge in [0.2, 0.25) is 10.0 Å². The maximum Gasteiger partial charge on any atom is 0.250 e. The van der Waals surface area contributed by atoms with Crippen molar-refractivity contribution in [1.29, 1.82) is 0 Å². The summed E-state index contributed by atoms with van der Waals surface area (Å²) >= 11 is 0. The molecule has 20 heavy (non-hydrogen) atoms. The van der Waals surface area contributed by atoms with Crippen LogP contribution in [-0.4, -0.2) is 14.3 Å². The predicted molar refractivity (Wildman–Crippen MR) is 78.8 cm³/mol. The van der Waals surface area contributed by atoms with E-state index in [4.69, 9.17) is 5.14 Å². The third kappa shape index (κ3) is 2.71. The van der Waals surface area contributed by atoms with Crippen molar-refractivity contribution in [2.75, 3.05) is 5.32 Å². The number of hydrogen-bond acceptors (Lipinski definition) is 3. The number of sulfonamides is 1. The van der Waals surface area contributed by atoms with E-state index in [-0.39, 0.29) is 16.2 Å². The summed E-state index contributed by atoms with van der Waals surface area (Å²) < 4.78 is 23.3. The fraction of sp³-hybridized carbons (Fsp3) is 0.0714. The zero-order valence-electron chi connectivity index (χ0n) is 10.9. The van der Waals surface area contributed by atoms with Gasteiger partial charge in [-0.05, 0) is 18.4 Å². The Hall–Kier alpha value is -2.18. The lowest BCUT2D eigenvalue weighted by Gasteiger charge is -2.13. The van der Waals surface area contributed by atoms with Crippen molar-refractivity contribution in [2.45, 2.75) is 11.8 Å². The van der Waals surface area contributed by atoms with E-state index < -0.39 is 15.9 Å². The molecule has 0 bridgehead atoms. The van der Waals surface area contributed by atoms with Gasteiger partial charge >= 0.3 is 0 Å². The molecule has 5 nitrogen and oxygen atoms in total. The van der Waals surface area contributed by atoms with Crippen molar-refractivity contribution in [3.05, 3.63) is 48.6 Å². The lowest BCUT2D eigenvalue weighted by molar-refractivity contribution is -0.112. The number of nitrogens with two attached hydrogens (primary N) is 1. The van der Waals surface area contributed by atoms with Crippen LogP contribution in [0.5, 0.6) is 0 Å². The smallest absolute Gasteiger partial charge is 0.250 e. The summed E-state index contributed by atoms with van der Waals surface area (Å²) in [6.07, 6.45) is 0. The van der Waals surface area contributed by atoms with Crippen LogP contribution >= 0.6 is 0 Å². The number of benzene rings is 2. The summed E-state index contributed by atoms with van der Waals surface area (Å²) in [7, 11) is -3.94. The number of fused-ring (bicyclic) bond motifs is 1. The Labute approximate surface area is 117 Å². The van der Waals surface area contributed by atoms with Gasteiger partial charge in [-0.15, -0.1) is 0 Å². The van der Waals surface area contributed by atoms with E-state index in [9.17, 15) is 13.2 Å². The van der Waals surface area contributed by atoms with E-state index in [1.54, 1.807) is 18.2 Å². The topological polar surface area (TPSA) is 89.3 Å². The molecule has 6 heteroatoms. The first kappa shape index (κ1) is 14.2. The average molecular weight is 290 g/mol. The summed E-state index contributed by atoms with van der Waals surface area (Å²) in [5.74, 6) is -0.453. The molecule has 2 aromatic carbocycles. The molecular formula is C14H14N2O3S. The monoisotopic (exact) mass is 290 g/mol. The normalized spacial score (nSPS) is 11.3. The van der Waals surface area contributed by atoms with Crippen LogP contribution in [0, 0.1) is 0 Å². The molecular weight excluding hydrogens is 276 g/mol. The van der Waals surface area contributed by atoms with Gasteiger partial charge in [0, 0.05) is 11.0 Å². The fourth-order valence-corrected chi connectivity index (χ4v) is 2.54. The summed E-state index contributed by atoms with van der Waals surface area (Å²) in [6, 6.07) is 10.1. The number of carbonyl (C=O) groups excluding carboxylic acids is 1. The maximum absolute atomic E-state index is 11.8. The molecule has 0 unspecified atom stereocenters.